The van der Waals surface area contributed by atoms with Gasteiger partial charge in [0, 0.05) is 0 Å². The minimum Gasteiger partial charge on any atom is -0.151 e. The van der Waals surface area contributed by atoms with Crippen LogP contribution in [0.4, 0.5) is 0 Å². The maximum absolute atomic E-state index is 9.70. The molecule has 0 spiro atoms. The lowest BCUT2D eigenvalue weighted by atomic mass is 10.1. The Morgan fingerprint density at radius 2 is 2.38 bits per heavy atom. The van der Waals surface area contributed by atoms with Gasteiger partial charge < -0.3 is 0 Å². The van der Waals surface area contributed by atoms with E-state index in [0.29, 0.717) is 12.5 Å². The number of hydrogen-bond acceptors (Lipinski definition) is 2. The minimum absolute atomic E-state index is 0.519. The van der Waals surface area contributed by atoms with Gasteiger partial charge in [-0.05, 0) is 24.7 Å². The van der Waals surface area contributed by atoms with Crippen molar-refractivity contribution in [3.05, 3.63) is 4.91 Å². The molecule has 46 valence electrons. The van der Waals surface area contributed by atoms with Gasteiger partial charge in [-0.15, -0.1) is 0 Å². The molecule has 0 N–H and O–H groups in total. The summed E-state index contributed by atoms with van der Waals surface area (Å²) in [6, 6.07) is 0. The van der Waals surface area contributed by atoms with Crippen molar-refractivity contribution in [3.8, 4) is 0 Å². The van der Waals surface area contributed by atoms with Gasteiger partial charge in [0.2, 0.25) is 0 Å². The van der Waals surface area contributed by atoms with E-state index in [1.807, 2.05) is 0 Å². The lowest BCUT2D eigenvalue weighted by Gasteiger charge is -1.99. The van der Waals surface area contributed by atoms with E-state index < -0.39 is 0 Å². The van der Waals surface area contributed by atoms with E-state index in [0.717, 1.165) is 5.92 Å². The van der Waals surface area contributed by atoms with Crippen molar-refractivity contribution in [3.63, 3.8) is 0 Å². The molecule has 0 amide bonds. The summed E-state index contributed by atoms with van der Waals surface area (Å²) < 4.78 is 0. The minimum atomic E-state index is 0.519. The molecule has 1 aliphatic carbocycles. The summed E-state index contributed by atoms with van der Waals surface area (Å²) in [6.45, 7) is 2.61. The standard InChI is InChI=1S/C6H11NO/c1-5(4-7-8)6-2-3-6/h5-6H,2-4H2,1H3. The molecule has 1 fully saturated rings. The molecule has 2 nitrogen and oxygen atoms in total. The van der Waals surface area contributed by atoms with Gasteiger partial charge in [-0.25, -0.2) is 0 Å². The maximum Gasteiger partial charge on any atom is 0.0839 e. The first-order valence-corrected chi connectivity index (χ1v) is 3.13. The molecule has 0 bridgehead atoms. The van der Waals surface area contributed by atoms with Crippen molar-refractivity contribution in [2.45, 2.75) is 19.8 Å². The Bertz CT molecular complexity index is 88.5. The van der Waals surface area contributed by atoms with Crippen LogP contribution in [0.25, 0.3) is 0 Å². The first kappa shape index (κ1) is 5.73. The fraction of sp³-hybridized carbons (Fsp3) is 1.00. The van der Waals surface area contributed by atoms with Crippen LogP contribution in [0.5, 0.6) is 0 Å². The van der Waals surface area contributed by atoms with Crippen molar-refractivity contribution in [1.82, 2.24) is 0 Å². The highest BCUT2D eigenvalue weighted by Gasteiger charge is 2.27. The van der Waals surface area contributed by atoms with E-state index in [9.17, 15) is 4.91 Å². The van der Waals surface area contributed by atoms with Crippen LogP contribution in [0.2, 0.25) is 0 Å². The van der Waals surface area contributed by atoms with E-state index in [-0.39, 0.29) is 0 Å². The topological polar surface area (TPSA) is 29.4 Å². The summed E-state index contributed by atoms with van der Waals surface area (Å²) in [5, 5.41) is 2.85. The summed E-state index contributed by atoms with van der Waals surface area (Å²) in [4.78, 5) is 9.70. The molecule has 1 saturated carbocycles. The highest BCUT2D eigenvalue weighted by atomic mass is 16.3. The molecule has 0 aromatic heterocycles. The number of nitroso groups, excluding NO2 is 1. The summed E-state index contributed by atoms with van der Waals surface area (Å²) in [6.07, 6.45) is 2.63. The molecular formula is C6H11NO. The zero-order valence-corrected chi connectivity index (χ0v) is 5.13. The van der Waals surface area contributed by atoms with Gasteiger partial charge in [0.25, 0.3) is 0 Å². The number of nitrogens with zero attached hydrogens (tertiary/aromatic N) is 1. The monoisotopic (exact) mass is 113 g/mol. The Labute approximate surface area is 49.3 Å². The van der Waals surface area contributed by atoms with Crippen LogP contribution >= 0.6 is 0 Å². The van der Waals surface area contributed by atoms with E-state index in [2.05, 4.69) is 12.1 Å². The van der Waals surface area contributed by atoms with Gasteiger partial charge in [-0.2, -0.15) is 4.91 Å². The van der Waals surface area contributed by atoms with Crippen LogP contribution in [0.1, 0.15) is 19.8 Å². The van der Waals surface area contributed by atoms with E-state index in [1.54, 1.807) is 0 Å². The molecule has 0 heterocycles. The van der Waals surface area contributed by atoms with E-state index in [1.165, 1.54) is 12.8 Å². The molecule has 1 rings (SSSR count). The highest BCUT2D eigenvalue weighted by Crippen LogP contribution is 2.36. The highest BCUT2D eigenvalue weighted by molar-refractivity contribution is 4.79. The fourth-order valence-electron chi connectivity index (χ4n) is 0.932. The third kappa shape index (κ3) is 1.29. The van der Waals surface area contributed by atoms with Crippen LogP contribution in [0, 0.1) is 16.7 Å². The second-order valence-electron chi connectivity index (χ2n) is 2.63. The average molecular weight is 113 g/mol. The van der Waals surface area contributed by atoms with Gasteiger partial charge in [-0.3, -0.25) is 0 Å². The SMILES string of the molecule is CC(CN=O)C1CC1. The number of hydrogen-bond donors (Lipinski definition) is 0. The van der Waals surface area contributed by atoms with Crippen molar-refractivity contribution in [2.24, 2.45) is 17.0 Å². The van der Waals surface area contributed by atoms with Crippen LogP contribution in [-0.2, 0) is 0 Å². The third-order valence-electron chi connectivity index (χ3n) is 1.79. The molecule has 0 aromatic carbocycles. The second-order valence-corrected chi connectivity index (χ2v) is 2.63. The summed E-state index contributed by atoms with van der Waals surface area (Å²) in [5.41, 5.74) is 0. The van der Waals surface area contributed by atoms with Crippen molar-refractivity contribution in [1.29, 1.82) is 0 Å². The smallest absolute Gasteiger partial charge is 0.0839 e. The summed E-state index contributed by atoms with van der Waals surface area (Å²) in [7, 11) is 0. The van der Waals surface area contributed by atoms with Crippen LogP contribution < -0.4 is 0 Å². The second kappa shape index (κ2) is 2.25. The molecule has 1 aliphatic rings. The Morgan fingerprint density at radius 3 is 2.75 bits per heavy atom. The Hall–Kier alpha value is -0.400. The lowest BCUT2D eigenvalue weighted by Crippen LogP contribution is -1.99. The molecule has 0 aliphatic heterocycles. The molecular weight excluding hydrogens is 102 g/mol. The van der Waals surface area contributed by atoms with Crippen LogP contribution in [-0.4, -0.2) is 6.54 Å². The Morgan fingerprint density at radius 1 is 1.75 bits per heavy atom. The van der Waals surface area contributed by atoms with E-state index >= 15 is 0 Å². The zero-order valence-electron chi connectivity index (χ0n) is 5.13. The molecule has 0 saturated heterocycles. The number of rotatable bonds is 3. The first-order valence-electron chi connectivity index (χ1n) is 3.13. The molecule has 0 radical (unpaired) electrons. The largest absolute Gasteiger partial charge is 0.151 e. The fourth-order valence-corrected chi connectivity index (χ4v) is 0.932. The zero-order chi connectivity index (χ0) is 5.98. The Balaban J connectivity index is 2.12. The van der Waals surface area contributed by atoms with Gasteiger partial charge in [0.05, 0.1) is 6.54 Å². The van der Waals surface area contributed by atoms with Crippen LogP contribution in [0.15, 0.2) is 5.18 Å². The Kier molecular flexibility index (Phi) is 1.61. The average Bonchev–Trinajstić information content (AvgIpc) is 2.45. The van der Waals surface area contributed by atoms with Gasteiger partial charge in [0.1, 0.15) is 0 Å². The molecule has 1 unspecified atom stereocenters. The molecule has 2 heteroatoms. The summed E-state index contributed by atoms with van der Waals surface area (Å²) >= 11 is 0. The van der Waals surface area contributed by atoms with Crippen molar-refractivity contribution >= 4 is 0 Å². The quantitative estimate of drug-likeness (QED) is 0.513. The summed E-state index contributed by atoms with van der Waals surface area (Å²) in [5.74, 6) is 1.38. The van der Waals surface area contributed by atoms with Gasteiger partial charge in [0.15, 0.2) is 0 Å². The molecule has 1 atom stereocenters. The van der Waals surface area contributed by atoms with E-state index in [4.69, 9.17) is 0 Å². The van der Waals surface area contributed by atoms with Gasteiger partial charge >= 0.3 is 0 Å². The van der Waals surface area contributed by atoms with Gasteiger partial charge in [-0.1, -0.05) is 12.1 Å². The lowest BCUT2D eigenvalue weighted by molar-refractivity contribution is 0.521. The first-order chi connectivity index (χ1) is 3.84. The molecule has 8 heavy (non-hydrogen) atoms. The predicted molar refractivity (Wildman–Crippen MR) is 32.5 cm³/mol. The predicted octanol–water partition coefficient (Wildman–Crippen LogP) is 1.80. The van der Waals surface area contributed by atoms with Crippen molar-refractivity contribution < 1.29 is 0 Å². The van der Waals surface area contributed by atoms with Crippen LogP contribution in [0.3, 0.4) is 0 Å². The third-order valence-corrected chi connectivity index (χ3v) is 1.79. The normalized spacial score (nSPS) is 22.6. The maximum atomic E-state index is 9.70. The van der Waals surface area contributed by atoms with Crippen molar-refractivity contribution in [2.75, 3.05) is 6.54 Å². The molecule has 0 aromatic rings.